The van der Waals surface area contributed by atoms with Gasteiger partial charge in [-0.15, -0.1) is 0 Å². The lowest BCUT2D eigenvalue weighted by atomic mass is 9.89. The van der Waals surface area contributed by atoms with Crippen LogP contribution in [-0.4, -0.2) is 0 Å². The molecule has 8 rings (SSSR count). The van der Waals surface area contributed by atoms with E-state index in [1.807, 2.05) is 102 Å². The zero-order chi connectivity index (χ0) is 34.0. The van der Waals surface area contributed by atoms with E-state index in [-0.39, 0.29) is 18.1 Å². The summed E-state index contributed by atoms with van der Waals surface area (Å²) in [6.07, 6.45) is 0. The Balaban J connectivity index is 1.35. The first-order valence-corrected chi connectivity index (χ1v) is 15.9. The molecule has 0 aliphatic rings. The summed E-state index contributed by atoms with van der Waals surface area (Å²) in [6, 6.07) is 61.5. The number of fused-ring (bicyclic) bond motifs is 1. The van der Waals surface area contributed by atoms with Gasteiger partial charge in [0.1, 0.15) is 0 Å². The van der Waals surface area contributed by atoms with Crippen LogP contribution in [0.25, 0.3) is 55.3 Å². The van der Waals surface area contributed by atoms with Gasteiger partial charge in [-0.1, -0.05) is 164 Å². The predicted molar refractivity (Wildman–Crippen MR) is 200 cm³/mol. The van der Waals surface area contributed by atoms with Crippen molar-refractivity contribution in [3.05, 3.63) is 200 Å². The minimum absolute atomic E-state index is 0.0251. The van der Waals surface area contributed by atoms with Gasteiger partial charge in [0.05, 0.1) is 9.80 Å². The summed E-state index contributed by atoms with van der Waals surface area (Å²) >= 11 is 0. The van der Waals surface area contributed by atoms with Crippen molar-refractivity contribution in [2.75, 3.05) is 4.90 Å². The first-order valence-electron chi connectivity index (χ1n) is 17.4. The lowest BCUT2D eigenvalue weighted by molar-refractivity contribution is 1.28. The van der Waals surface area contributed by atoms with Crippen LogP contribution in [0, 0.1) is 0 Å². The molecule has 0 aliphatic heterocycles. The van der Waals surface area contributed by atoms with Crippen molar-refractivity contribution >= 4 is 27.8 Å². The van der Waals surface area contributed by atoms with Crippen molar-refractivity contribution in [3.63, 3.8) is 0 Å². The van der Waals surface area contributed by atoms with E-state index < -0.39 is 0 Å². The zero-order valence-electron chi connectivity index (χ0n) is 28.8. The third-order valence-corrected chi connectivity index (χ3v) is 8.58. The smallest absolute Gasteiger partial charge is 0.0645 e. The number of hydrogen-bond acceptors (Lipinski definition) is 1. The van der Waals surface area contributed by atoms with E-state index in [1.165, 1.54) is 16.3 Å². The van der Waals surface area contributed by atoms with Gasteiger partial charge in [-0.2, -0.15) is 0 Å². The molecular formula is C46H33N. The molecule has 1 nitrogen and oxygen atoms in total. The number of rotatable bonds is 7. The summed E-state index contributed by atoms with van der Waals surface area (Å²) in [5.74, 6) is 0. The SMILES string of the molecule is [2H]c1c([2H])c(N(c2ccccc2)c2ccc(-c3ccc4ccccc4c3-c3ccccc3)cc2)c(-c2ccccc2)c([2H])c1-c1ccccc1. The van der Waals surface area contributed by atoms with E-state index in [9.17, 15) is 4.11 Å². The molecule has 0 radical (unpaired) electrons. The van der Waals surface area contributed by atoms with E-state index in [1.54, 1.807) is 0 Å². The number of nitrogens with zero attached hydrogens (tertiary/aromatic N) is 1. The Morgan fingerprint density at radius 2 is 0.894 bits per heavy atom. The molecule has 0 aliphatic carbocycles. The van der Waals surface area contributed by atoms with E-state index in [4.69, 9.17) is 0 Å². The Morgan fingerprint density at radius 3 is 1.57 bits per heavy atom. The Hall–Kier alpha value is -6.18. The van der Waals surface area contributed by atoms with Crippen LogP contribution in [0.5, 0.6) is 0 Å². The van der Waals surface area contributed by atoms with Gasteiger partial charge in [0.2, 0.25) is 0 Å². The quantitative estimate of drug-likeness (QED) is 0.175. The number of benzene rings is 8. The van der Waals surface area contributed by atoms with E-state index >= 15 is 0 Å². The van der Waals surface area contributed by atoms with Gasteiger partial charge >= 0.3 is 0 Å². The maximum absolute atomic E-state index is 9.61. The molecule has 0 atom stereocenters. The Labute approximate surface area is 280 Å². The Morgan fingerprint density at radius 1 is 0.362 bits per heavy atom. The molecular weight excluding hydrogens is 567 g/mol. The normalized spacial score (nSPS) is 11.9. The molecule has 0 unspecified atom stereocenters. The molecule has 0 saturated carbocycles. The van der Waals surface area contributed by atoms with Crippen molar-refractivity contribution < 1.29 is 4.11 Å². The van der Waals surface area contributed by atoms with Crippen LogP contribution in [0.3, 0.4) is 0 Å². The second-order valence-corrected chi connectivity index (χ2v) is 11.5. The second kappa shape index (κ2) is 12.7. The maximum atomic E-state index is 9.61. The van der Waals surface area contributed by atoms with Crippen molar-refractivity contribution in [3.8, 4) is 44.5 Å². The van der Waals surface area contributed by atoms with Gasteiger partial charge in [-0.05, 0) is 86.1 Å². The van der Waals surface area contributed by atoms with Crippen molar-refractivity contribution in [2.45, 2.75) is 0 Å². The zero-order valence-corrected chi connectivity index (χ0v) is 25.8. The highest BCUT2D eigenvalue weighted by atomic mass is 15.1. The van der Waals surface area contributed by atoms with Crippen molar-refractivity contribution in [1.29, 1.82) is 0 Å². The minimum Gasteiger partial charge on any atom is -0.310 e. The van der Waals surface area contributed by atoms with Crippen LogP contribution in [0.2, 0.25) is 0 Å². The first kappa shape index (κ1) is 25.1. The lowest BCUT2D eigenvalue weighted by Gasteiger charge is -2.28. The molecule has 222 valence electrons. The van der Waals surface area contributed by atoms with Gasteiger partial charge < -0.3 is 4.90 Å². The molecule has 8 aromatic carbocycles. The van der Waals surface area contributed by atoms with Crippen LogP contribution in [0.4, 0.5) is 17.1 Å². The fourth-order valence-electron chi connectivity index (χ4n) is 6.33. The average Bonchev–Trinajstić information content (AvgIpc) is 3.18. The van der Waals surface area contributed by atoms with Gasteiger partial charge in [-0.3, -0.25) is 0 Å². The molecule has 8 aromatic rings. The van der Waals surface area contributed by atoms with Crippen LogP contribution in [0.15, 0.2) is 200 Å². The summed E-state index contributed by atoms with van der Waals surface area (Å²) in [5, 5.41) is 2.39. The monoisotopic (exact) mass is 602 g/mol. The third-order valence-electron chi connectivity index (χ3n) is 8.58. The number of anilines is 3. The van der Waals surface area contributed by atoms with Crippen LogP contribution < -0.4 is 4.90 Å². The number of hydrogen-bond donors (Lipinski definition) is 0. The van der Waals surface area contributed by atoms with E-state index in [0.717, 1.165) is 39.2 Å². The maximum Gasteiger partial charge on any atom is 0.0645 e. The summed E-state index contributed by atoms with van der Waals surface area (Å²) < 4.78 is 28.4. The standard InChI is InChI=1S/C46H33N/c1-5-15-34(16-6-1)39-28-32-45(44(33-39)35-17-7-2-8-18-35)47(40-22-11-4-12-23-40)41-29-25-37(26-30-41)43-31-27-36-19-13-14-24-42(36)46(43)38-20-9-3-10-21-38/h1-33H/i28D,32D,33D. The molecule has 0 aromatic heterocycles. The van der Waals surface area contributed by atoms with Gasteiger partial charge in [0.25, 0.3) is 0 Å². The topological polar surface area (TPSA) is 3.24 Å². The van der Waals surface area contributed by atoms with E-state index in [0.29, 0.717) is 16.8 Å². The highest BCUT2D eigenvalue weighted by Gasteiger charge is 2.19. The second-order valence-electron chi connectivity index (χ2n) is 11.5. The molecule has 0 N–H and O–H groups in total. The van der Waals surface area contributed by atoms with Crippen LogP contribution >= 0.6 is 0 Å². The molecule has 0 fully saturated rings. The average molecular weight is 603 g/mol. The van der Waals surface area contributed by atoms with Gasteiger partial charge in [-0.25, -0.2) is 0 Å². The fourth-order valence-corrected chi connectivity index (χ4v) is 6.33. The van der Waals surface area contributed by atoms with Crippen molar-refractivity contribution in [1.82, 2.24) is 0 Å². The summed E-state index contributed by atoms with van der Waals surface area (Å²) in [6.45, 7) is 0. The molecule has 0 saturated heterocycles. The van der Waals surface area contributed by atoms with Crippen LogP contribution in [0.1, 0.15) is 4.11 Å². The molecule has 1 heteroatoms. The summed E-state index contributed by atoms with van der Waals surface area (Å²) in [5.41, 5.74) is 9.35. The summed E-state index contributed by atoms with van der Waals surface area (Å²) in [7, 11) is 0. The molecule has 0 bridgehead atoms. The largest absolute Gasteiger partial charge is 0.310 e. The van der Waals surface area contributed by atoms with Crippen LogP contribution in [-0.2, 0) is 0 Å². The minimum atomic E-state index is 0.0251. The van der Waals surface area contributed by atoms with Gasteiger partial charge in [0, 0.05) is 16.9 Å². The first-order chi connectivity index (χ1) is 24.6. The molecule has 0 heterocycles. The molecule has 0 amide bonds. The molecule has 47 heavy (non-hydrogen) atoms. The lowest BCUT2D eigenvalue weighted by Crippen LogP contribution is -2.11. The summed E-state index contributed by atoms with van der Waals surface area (Å²) in [4.78, 5) is 2.03. The Bertz CT molecular complexity index is 2430. The van der Waals surface area contributed by atoms with Crippen molar-refractivity contribution in [2.24, 2.45) is 0 Å². The predicted octanol–water partition coefficient (Wildman–Crippen LogP) is 13.0. The van der Waals surface area contributed by atoms with E-state index in [2.05, 4.69) is 84.9 Å². The highest BCUT2D eigenvalue weighted by Crippen LogP contribution is 2.44. The molecule has 0 spiro atoms. The third kappa shape index (κ3) is 5.60. The Kier molecular flexibility index (Phi) is 6.76. The number of para-hydroxylation sites is 1. The van der Waals surface area contributed by atoms with Gasteiger partial charge in [0.15, 0.2) is 0 Å². The fraction of sp³-hybridized carbons (Fsp3) is 0. The highest BCUT2D eigenvalue weighted by molar-refractivity contribution is 6.04.